The van der Waals surface area contributed by atoms with Gasteiger partial charge in [-0.2, -0.15) is 4.98 Å². The van der Waals surface area contributed by atoms with Gasteiger partial charge in [0.2, 0.25) is 11.7 Å². The van der Waals surface area contributed by atoms with E-state index < -0.39 is 0 Å². The average Bonchev–Trinajstić information content (AvgIpc) is 2.79. The summed E-state index contributed by atoms with van der Waals surface area (Å²) < 4.78 is 5.97. The number of halogens is 1. The van der Waals surface area contributed by atoms with E-state index in [0.717, 1.165) is 17.3 Å². The third-order valence-corrected chi connectivity index (χ3v) is 2.97. The zero-order valence-electron chi connectivity index (χ0n) is 9.43. The molecule has 6 heteroatoms. The van der Waals surface area contributed by atoms with E-state index in [2.05, 4.69) is 38.0 Å². The third-order valence-electron chi connectivity index (χ3n) is 2.33. The maximum atomic E-state index is 5.91. The Bertz CT molecular complexity index is 500. The molecule has 0 aliphatic heterocycles. The highest BCUT2D eigenvalue weighted by atomic mass is 79.9. The van der Waals surface area contributed by atoms with Crippen molar-refractivity contribution in [3.8, 4) is 11.5 Å². The molecule has 0 unspecified atom stereocenters. The summed E-state index contributed by atoms with van der Waals surface area (Å²) in [5, 5.41) is 3.89. The van der Waals surface area contributed by atoms with E-state index in [1.54, 1.807) is 6.20 Å². The van der Waals surface area contributed by atoms with Gasteiger partial charge in [-0.3, -0.25) is 4.98 Å². The summed E-state index contributed by atoms with van der Waals surface area (Å²) in [7, 11) is 0. The van der Waals surface area contributed by atoms with Crippen LogP contribution in [-0.2, 0) is 0 Å². The lowest BCUT2D eigenvalue weighted by Crippen LogP contribution is -2.09. The molecular weight excluding hydrogens is 284 g/mol. The van der Waals surface area contributed by atoms with Crippen LogP contribution in [0.4, 0.5) is 0 Å². The molecule has 0 aliphatic rings. The SMILES string of the molecule is CCC[C@@H](N)c1nc(-c2ncccc2Br)no1. The Kier molecular flexibility index (Phi) is 3.86. The molecule has 0 aliphatic carbocycles. The second-order valence-electron chi connectivity index (χ2n) is 3.69. The van der Waals surface area contributed by atoms with Crippen LogP contribution in [0, 0.1) is 0 Å². The van der Waals surface area contributed by atoms with Crippen molar-refractivity contribution in [2.75, 3.05) is 0 Å². The smallest absolute Gasteiger partial charge is 0.243 e. The highest BCUT2D eigenvalue weighted by Crippen LogP contribution is 2.24. The zero-order chi connectivity index (χ0) is 12.3. The molecule has 0 fully saturated rings. The molecule has 0 bridgehead atoms. The summed E-state index contributed by atoms with van der Waals surface area (Å²) in [6, 6.07) is 3.51. The molecule has 0 saturated heterocycles. The molecule has 2 rings (SSSR count). The molecule has 0 saturated carbocycles. The van der Waals surface area contributed by atoms with Crippen LogP contribution in [-0.4, -0.2) is 15.1 Å². The Morgan fingerprint density at radius 3 is 3.06 bits per heavy atom. The summed E-state index contributed by atoms with van der Waals surface area (Å²) in [6.07, 6.45) is 3.49. The lowest BCUT2D eigenvalue weighted by molar-refractivity contribution is 0.348. The van der Waals surface area contributed by atoms with E-state index in [9.17, 15) is 0 Å². The van der Waals surface area contributed by atoms with Crippen molar-refractivity contribution in [3.05, 3.63) is 28.7 Å². The van der Waals surface area contributed by atoms with Gasteiger partial charge in [0, 0.05) is 10.7 Å². The van der Waals surface area contributed by atoms with Crippen LogP contribution in [0.15, 0.2) is 27.3 Å². The molecule has 0 aromatic carbocycles. The minimum Gasteiger partial charge on any atom is -0.337 e. The van der Waals surface area contributed by atoms with Crippen LogP contribution in [0.1, 0.15) is 31.7 Å². The monoisotopic (exact) mass is 296 g/mol. The van der Waals surface area contributed by atoms with E-state index in [4.69, 9.17) is 10.3 Å². The van der Waals surface area contributed by atoms with Crippen LogP contribution in [0.25, 0.3) is 11.5 Å². The molecule has 2 aromatic rings. The van der Waals surface area contributed by atoms with Crippen molar-refractivity contribution >= 4 is 15.9 Å². The fourth-order valence-electron chi connectivity index (χ4n) is 1.47. The predicted octanol–water partition coefficient (Wildman–Crippen LogP) is 2.69. The third kappa shape index (κ3) is 2.70. The van der Waals surface area contributed by atoms with Crippen LogP contribution in [0.5, 0.6) is 0 Å². The van der Waals surface area contributed by atoms with Crippen LogP contribution < -0.4 is 5.73 Å². The number of nitrogens with two attached hydrogens (primary N) is 1. The van der Waals surface area contributed by atoms with Gasteiger partial charge in [-0.25, -0.2) is 0 Å². The Hall–Kier alpha value is -1.27. The average molecular weight is 297 g/mol. The standard InChI is InChI=1S/C11H13BrN4O/c1-2-4-8(13)11-15-10(16-17-11)9-7(12)5-3-6-14-9/h3,5-6,8H,2,4,13H2,1H3/t8-/m1/s1. The van der Waals surface area contributed by atoms with Crippen molar-refractivity contribution in [1.82, 2.24) is 15.1 Å². The van der Waals surface area contributed by atoms with Gasteiger partial charge in [-0.05, 0) is 34.5 Å². The molecule has 2 heterocycles. The topological polar surface area (TPSA) is 77.8 Å². The van der Waals surface area contributed by atoms with Gasteiger partial charge < -0.3 is 10.3 Å². The van der Waals surface area contributed by atoms with E-state index in [-0.39, 0.29) is 6.04 Å². The highest BCUT2D eigenvalue weighted by Gasteiger charge is 2.16. The van der Waals surface area contributed by atoms with Gasteiger partial charge in [0.05, 0.1) is 6.04 Å². The van der Waals surface area contributed by atoms with E-state index >= 15 is 0 Å². The summed E-state index contributed by atoms with van der Waals surface area (Å²) in [6.45, 7) is 2.06. The number of hydrogen-bond acceptors (Lipinski definition) is 5. The quantitative estimate of drug-likeness (QED) is 0.938. The van der Waals surface area contributed by atoms with Gasteiger partial charge in [-0.1, -0.05) is 18.5 Å². The Morgan fingerprint density at radius 1 is 1.53 bits per heavy atom. The zero-order valence-corrected chi connectivity index (χ0v) is 11.0. The summed E-state index contributed by atoms with van der Waals surface area (Å²) in [4.78, 5) is 8.46. The van der Waals surface area contributed by atoms with Crippen molar-refractivity contribution in [1.29, 1.82) is 0 Å². The minimum absolute atomic E-state index is 0.205. The Balaban J connectivity index is 2.27. The second kappa shape index (κ2) is 5.37. The second-order valence-corrected chi connectivity index (χ2v) is 4.54. The van der Waals surface area contributed by atoms with Gasteiger partial charge in [0.1, 0.15) is 5.69 Å². The molecule has 0 radical (unpaired) electrons. The van der Waals surface area contributed by atoms with Gasteiger partial charge in [0.15, 0.2) is 0 Å². The van der Waals surface area contributed by atoms with E-state index in [0.29, 0.717) is 17.4 Å². The highest BCUT2D eigenvalue weighted by molar-refractivity contribution is 9.10. The first kappa shape index (κ1) is 12.2. The molecule has 5 nitrogen and oxygen atoms in total. The first-order valence-electron chi connectivity index (χ1n) is 5.42. The van der Waals surface area contributed by atoms with Crippen LogP contribution in [0.2, 0.25) is 0 Å². The Labute approximate surface area is 108 Å². The number of hydrogen-bond donors (Lipinski definition) is 1. The summed E-state index contributed by atoms with van der Waals surface area (Å²) in [5.41, 5.74) is 6.57. The molecule has 2 N–H and O–H groups in total. The first-order chi connectivity index (χ1) is 8.22. The maximum absolute atomic E-state index is 5.91. The van der Waals surface area contributed by atoms with Crippen molar-refractivity contribution in [2.24, 2.45) is 5.73 Å². The summed E-state index contributed by atoms with van der Waals surface area (Å²) >= 11 is 3.39. The maximum Gasteiger partial charge on any atom is 0.243 e. The Morgan fingerprint density at radius 2 is 2.35 bits per heavy atom. The molecular formula is C11H13BrN4O. The fourth-order valence-corrected chi connectivity index (χ4v) is 1.90. The number of nitrogens with zero attached hydrogens (tertiary/aromatic N) is 3. The molecule has 1 atom stereocenters. The van der Waals surface area contributed by atoms with Crippen molar-refractivity contribution < 1.29 is 4.52 Å². The lowest BCUT2D eigenvalue weighted by atomic mass is 10.2. The van der Waals surface area contributed by atoms with Gasteiger partial charge >= 0.3 is 0 Å². The predicted molar refractivity (Wildman–Crippen MR) is 67.1 cm³/mol. The van der Waals surface area contributed by atoms with Crippen LogP contribution >= 0.6 is 15.9 Å². The molecule has 17 heavy (non-hydrogen) atoms. The van der Waals surface area contributed by atoms with E-state index in [1.807, 2.05) is 12.1 Å². The first-order valence-corrected chi connectivity index (χ1v) is 6.21. The van der Waals surface area contributed by atoms with Gasteiger partial charge in [0.25, 0.3) is 0 Å². The fraction of sp³-hybridized carbons (Fsp3) is 0.364. The molecule has 2 aromatic heterocycles. The van der Waals surface area contributed by atoms with E-state index in [1.165, 1.54) is 0 Å². The normalized spacial score (nSPS) is 12.6. The largest absolute Gasteiger partial charge is 0.337 e. The van der Waals surface area contributed by atoms with Crippen molar-refractivity contribution in [3.63, 3.8) is 0 Å². The summed E-state index contributed by atoms with van der Waals surface area (Å²) in [5.74, 6) is 0.915. The van der Waals surface area contributed by atoms with Crippen molar-refractivity contribution in [2.45, 2.75) is 25.8 Å². The van der Waals surface area contributed by atoms with Gasteiger partial charge in [-0.15, -0.1) is 0 Å². The molecule has 90 valence electrons. The number of pyridine rings is 1. The lowest BCUT2D eigenvalue weighted by Gasteiger charge is -2.02. The minimum atomic E-state index is -0.205. The number of rotatable bonds is 4. The van der Waals surface area contributed by atoms with Crippen LogP contribution in [0.3, 0.4) is 0 Å². The molecule has 0 amide bonds. The number of aromatic nitrogens is 3. The molecule has 0 spiro atoms.